The minimum Gasteiger partial charge on any atom is -0.473 e. The summed E-state index contributed by atoms with van der Waals surface area (Å²) in [6, 6.07) is 1.70. The maximum atomic E-state index is 14.0. The number of rotatable bonds is 8. The van der Waals surface area contributed by atoms with Crippen molar-refractivity contribution in [2.75, 3.05) is 20.3 Å². The SMILES string of the molecule is CNCc1cc(OCC2=C/CC#CC/C=C\2)n(C(CF)C2CCCCC2)n1. The average molecular weight is 372 g/mol. The molecule has 1 heterocycles. The number of hydrogen-bond acceptors (Lipinski definition) is 3. The van der Waals surface area contributed by atoms with Crippen molar-refractivity contribution in [3.05, 3.63) is 35.6 Å². The molecule has 27 heavy (non-hydrogen) atoms. The highest BCUT2D eigenvalue weighted by Crippen LogP contribution is 2.35. The van der Waals surface area contributed by atoms with Crippen LogP contribution in [-0.2, 0) is 6.54 Å². The van der Waals surface area contributed by atoms with Crippen LogP contribution in [0.25, 0.3) is 0 Å². The Hall–Kier alpha value is -2.06. The van der Waals surface area contributed by atoms with Gasteiger partial charge in [-0.3, -0.25) is 0 Å². The van der Waals surface area contributed by atoms with E-state index < -0.39 is 6.67 Å². The number of allylic oxidation sites excluding steroid dienone is 2. The molecule has 1 unspecified atom stereocenters. The molecule has 0 radical (unpaired) electrons. The molecule has 1 aromatic rings. The zero-order chi connectivity index (χ0) is 18.9. The number of nitrogens with one attached hydrogen (secondary N) is 1. The van der Waals surface area contributed by atoms with Gasteiger partial charge < -0.3 is 10.1 Å². The largest absolute Gasteiger partial charge is 0.473 e. The maximum absolute atomic E-state index is 14.0. The molecule has 0 spiro atoms. The Morgan fingerprint density at radius 1 is 1.30 bits per heavy atom. The Kier molecular flexibility index (Phi) is 7.53. The third kappa shape index (κ3) is 5.46. The number of halogens is 1. The van der Waals surface area contributed by atoms with Gasteiger partial charge in [-0.1, -0.05) is 49.3 Å². The summed E-state index contributed by atoms with van der Waals surface area (Å²) in [5.41, 5.74) is 1.98. The molecule has 0 aliphatic heterocycles. The van der Waals surface area contributed by atoms with Crippen LogP contribution in [0.5, 0.6) is 5.88 Å². The van der Waals surface area contributed by atoms with Crippen molar-refractivity contribution in [1.29, 1.82) is 0 Å². The number of aromatic nitrogens is 2. The van der Waals surface area contributed by atoms with E-state index >= 15 is 0 Å². The summed E-state index contributed by atoms with van der Waals surface area (Å²) in [6.07, 6.45) is 13.5. The minimum absolute atomic E-state index is 0.237. The van der Waals surface area contributed by atoms with Gasteiger partial charge in [-0.25, -0.2) is 9.07 Å². The van der Waals surface area contributed by atoms with E-state index in [0.29, 0.717) is 24.9 Å². The van der Waals surface area contributed by atoms with Crippen molar-refractivity contribution in [2.45, 2.75) is 57.5 Å². The number of nitrogens with zero attached hydrogens (tertiary/aromatic N) is 2. The van der Waals surface area contributed by atoms with Crippen LogP contribution in [0.3, 0.4) is 0 Å². The van der Waals surface area contributed by atoms with Gasteiger partial charge in [-0.2, -0.15) is 5.10 Å². The summed E-state index contributed by atoms with van der Waals surface area (Å²) >= 11 is 0. The van der Waals surface area contributed by atoms with Crippen LogP contribution in [0.2, 0.25) is 0 Å². The third-order valence-corrected chi connectivity index (χ3v) is 5.31. The van der Waals surface area contributed by atoms with Gasteiger partial charge in [0.25, 0.3) is 0 Å². The number of alkyl halides is 1. The summed E-state index contributed by atoms with van der Waals surface area (Å²) in [7, 11) is 1.89. The van der Waals surface area contributed by atoms with E-state index in [0.717, 1.165) is 37.0 Å². The van der Waals surface area contributed by atoms with E-state index in [1.165, 1.54) is 19.3 Å². The molecule has 0 bridgehead atoms. The van der Waals surface area contributed by atoms with Crippen molar-refractivity contribution in [2.24, 2.45) is 5.92 Å². The van der Waals surface area contributed by atoms with Gasteiger partial charge in [-0.15, -0.1) is 0 Å². The first-order valence-electron chi connectivity index (χ1n) is 10.0. The molecular formula is C22H30FN3O. The molecule has 0 amide bonds. The molecule has 4 nitrogen and oxygen atoms in total. The van der Waals surface area contributed by atoms with Gasteiger partial charge in [0.15, 0.2) is 0 Å². The Balaban J connectivity index is 1.77. The molecule has 2 aliphatic rings. The second kappa shape index (κ2) is 10.3. The van der Waals surface area contributed by atoms with Crippen LogP contribution in [-0.4, -0.2) is 30.1 Å². The first-order chi connectivity index (χ1) is 13.3. The van der Waals surface area contributed by atoms with Crippen LogP contribution in [0, 0.1) is 17.8 Å². The highest BCUT2D eigenvalue weighted by Gasteiger charge is 2.28. The third-order valence-electron chi connectivity index (χ3n) is 5.31. The van der Waals surface area contributed by atoms with Crippen molar-refractivity contribution in [3.63, 3.8) is 0 Å². The Morgan fingerprint density at radius 3 is 2.89 bits per heavy atom. The van der Waals surface area contributed by atoms with Crippen LogP contribution < -0.4 is 10.1 Å². The quantitative estimate of drug-likeness (QED) is 0.691. The first kappa shape index (κ1) is 19.7. The molecule has 1 aromatic heterocycles. The van der Waals surface area contributed by atoms with E-state index in [1.807, 2.05) is 13.1 Å². The lowest BCUT2D eigenvalue weighted by molar-refractivity contribution is 0.176. The first-order valence-corrected chi connectivity index (χ1v) is 10.0. The molecule has 0 aromatic carbocycles. The molecule has 2 aliphatic carbocycles. The molecule has 3 rings (SSSR count). The van der Waals surface area contributed by atoms with Crippen LogP contribution >= 0.6 is 0 Å². The van der Waals surface area contributed by atoms with Crippen molar-refractivity contribution < 1.29 is 9.13 Å². The predicted octanol–water partition coefficient (Wildman–Crippen LogP) is 4.35. The molecule has 1 N–H and O–H groups in total. The zero-order valence-electron chi connectivity index (χ0n) is 16.2. The number of ether oxygens (including phenoxy) is 1. The van der Waals surface area contributed by atoms with Crippen molar-refractivity contribution >= 4 is 0 Å². The molecule has 1 atom stereocenters. The fraction of sp³-hybridized carbons (Fsp3) is 0.591. The lowest BCUT2D eigenvalue weighted by Crippen LogP contribution is -2.25. The molecular weight excluding hydrogens is 341 g/mol. The molecule has 1 fully saturated rings. The fourth-order valence-electron chi connectivity index (χ4n) is 3.88. The summed E-state index contributed by atoms with van der Waals surface area (Å²) in [5.74, 6) is 7.19. The molecule has 1 saturated carbocycles. The predicted molar refractivity (Wildman–Crippen MR) is 106 cm³/mol. The second-order valence-electron chi connectivity index (χ2n) is 7.30. The van der Waals surface area contributed by atoms with Crippen molar-refractivity contribution in [1.82, 2.24) is 15.1 Å². The van der Waals surface area contributed by atoms with Gasteiger partial charge in [0.1, 0.15) is 13.3 Å². The Morgan fingerprint density at radius 2 is 2.11 bits per heavy atom. The Labute approximate surface area is 161 Å². The standard InChI is InChI=1S/C22H30FN3O/c1-24-16-20-14-22(27-17-18-10-6-3-2-4-7-11-18)26(25-20)21(15-23)19-12-8-5-9-13-19/h6,10-11,14,19,21,24H,3,5,7-9,12-13,15-17H2,1H3/b10-6-,18-11+. The topological polar surface area (TPSA) is 39.1 Å². The minimum atomic E-state index is -0.403. The van der Waals surface area contributed by atoms with Gasteiger partial charge in [0.2, 0.25) is 5.88 Å². The van der Waals surface area contributed by atoms with Crippen LogP contribution in [0.15, 0.2) is 29.9 Å². The van der Waals surface area contributed by atoms with E-state index in [-0.39, 0.29) is 6.04 Å². The highest BCUT2D eigenvalue weighted by atomic mass is 19.1. The van der Waals surface area contributed by atoms with Crippen LogP contribution in [0.1, 0.15) is 56.7 Å². The molecule has 0 saturated heterocycles. The number of hydrogen-bond donors (Lipinski definition) is 1. The van der Waals surface area contributed by atoms with Gasteiger partial charge in [0, 0.05) is 25.5 Å². The summed E-state index contributed by atoms with van der Waals surface area (Å²) in [5, 5.41) is 7.79. The molecule has 5 heteroatoms. The maximum Gasteiger partial charge on any atom is 0.212 e. The Bertz CT molecular complexity index is 720. The van der Waals surface area contributed by atoms with Crippen molar-refractivity contribution in [3.8, 4) is 17.7 Å². The van der Waals surface area contributed by atoms with Gasteiger partial charge in [0.05, 0.1) is 11.7 Å². The monoisotopic (exact) mass is 371 g/mol. The van der Waals surface area contributed by atoms with Gasteiger partial charge >= 0.3 is 0 Å². The average Bonchev–Trinajstić information content (AvgIpc) is 3.05. The highest BCUT2D eigenvalue weighted by molar-refractivity contribution is 5.27. The lowest BCUT2D eigenvalue weighted by Gasteiger charge is -2.29. The van der Waals surface area contributed by atoms with E-state index in [2.05, 4.69) is 40.5 Å². The van der Waals surface area contributed by atoms with E-state index in [4.69, 9.17) is 4.74 Å². The normalized spacial score (nSPS) is 21.9. The molecule has 146 valence electrons. The summed E-state index contributed by atoms with van der Waals surface area (Å²) < 4.78 is 21.9. The van der Waals surface area contributed by atoms with Crippen LogP contribution in [0.4, 0.5) is 4.39 Å². The summed E-state index contributed by atoms with van der Waals surface area (Å²) in [4.78, 5) is 0. The zero-order valence-corrected chi connectivity index (χ0v) is 16.2. The fourth-order valence-corrected chi connectivity index (χ4v) is 3.88. The second-order valence-corrected chi connectivity index (χ2v) is 7.30. The van der Waals surface area contributed by atoms with E-state index in [9.17, 15) is 4.39 Å². The smallest absolute Gasteiger partial charge is 0.212 e. The summed E-state index contributed by atoms with van der Waals surface area (Å²) in [6.45, 7) is 0.692. The van der Waals surface area contributed by atoms with Gasteiger partial charge in [-0.05, 0) is 31.4 Å². The van der Waals surface area contributed by atoms with E-state index in [1.54, 1.807) is 4.68 Å². The lowest BCUT2D eigenvalue weighted by atomic mass is 9.84.